The molecule has 12 heteroatoms. The van der Waals surface area contributed by atoms with Crippen molar-refractivity contribution in [3.05, 3.63) is 441 Å². The molecule has 1 fully saturated rings. The molecule has 0 aliphatic carbocycles. The standard InChI is InChI=1S/C60H36N2S2.C36H30BNO2S.C30H18BrNS/c1-3-13-41(14-4-1)61-53-29-25-37(33-49(53)51-35-39(27-31-55(51)61)43-19-11-21-47-45-17-7-9-23-57(45)63-59(43)47)38-26-30-54-50(34-38)52-36-40(28-32-56(52)62(54)42-15-5-2-6-16-42)44-20-12-22-48-46-18-8-10-24-58(46)64-60(44)48;1-35(2)36(3,4)40-37(39-35)24-18-20-32-30(22-24)29-21-23(17-19-31(29)38(32)25-11-6-5-7-12-25)26-14-10-15-28-27-13-8-9-16-33(27)41-34(26)28;31-20-14-16-28-26(18-20)25-17-19(13-15-27(25)32(28)21-7-2-1-3-8-21)22-10-6-11-24-23-9-4-5-12-29(23)33-30(22)24/h1-36H;5-22H,1-4H3;1-18H. The molecule has 0 spiro atoms. The SMILES string of the molecule is Brc1ccc2c(c1)c1cc(-c3cccc4c3sc3ccccc34)ccc1n2-c1ccccc1.CC1(C)OB(c2ccc3c(c2)c2cc(-c4cccc5c4sc4ccccc45)ccc2n3-c2ccccc2)OC1(C)C.c1ccc(-n2c3ccc(-c4ccc5c(c4)c4cc(-c6cccc7c6sc6ccccc67)ccc4n5-c4ccccc4)cc3c3cc(-c4cccc5c4sc4ccccc45)ccc32)cc1. The minimum absolute atomic E-state index is 0.388. The van der Waals surface area contributed by atoms with E-state index in [2.05, 4.69) is 499 Å². The molecule has 28 aromatic rings. The highest BCUT2D eigenvalue weighted by molar-refractivity contribution is 9.10. The summed E-state index contributed by atoms with van der Waals surface area (Å²) in [6, 6.07) is 160. The second-order valence-electron chi connectivity index (χ2n) is 37.2. The van der Waals surface area contributed by atoms with Crippen molar-refractivity contribution in [3.63, 3.8) is 0 Å². The summed E-state index contributed by atoms with van der Waals surface area (Å²) in [7, 11) is -0.407. The van der Waals surface area contributed by atoms with Gasteiger partial charge in [-0.05, 0) is 259 Å². The Morgan fingerprint density at radius 1 is 0.203 bits per heavy atom. The summed E-state index contributed by atoms with van der Waals surface area (Å²) in [5.41, 5.74) is 27.0. The van der Waals surface area contributed by atoms with Crippen LogP contribution in [0.25, 0.3) is 246 Å². The van der Waals surface area contributed by atoms with Crippen LogP contribution in [-0.4, -0.2) is 36.6 Å². The fourth-order valence-corrected chi connectivity index (χ4v) is 26.9. The Hall–Kier alpha value is -15.1. The number of aromatic nitrogens is 4. The number of para-hydroxylation sites is 4. The molecule has 0 N–H and O–H groups in total. The molecule has 9 heterocycles. The van der Waals surface area contributed by atoms with E-state index in [0.29, 0.717) is 0 Å². The zero-order valence-electron chi connectivity index (χ0n) is 75.8. The van der Waals surface area contributed by atoms with Gasteiger partial charge in [0.2, 0.25) is 0 Å². The van der Waals surface area contributed by atoms with Crippen LogP contribution in [0.15, 0.2) is 441 Å². The van der Waals surface area contributed by atoms with Crippen molar-refractivity contribution in [2.75, 3.05) is 0 Å². The zero-order chi connectivity index (χ0) is 91.8. The third kappa shape index (κ3) is 13.4. The van der Waals surface area contributed by atoms with Crippen LogP contribution >= 0.6 is 61.3 Å². The number of benzene rings is 20. The minimum atomic E-state index is -0.407. The molecule has 0 radical (unpaired) electrons. The van der Waals surface area contributed by atoms with Crippen molar-refractivity contribution >= 4 is 242 Å². The Morgan fingerprint density at radius 2 is 0.428 bits per heavy atom. The molecule has 0 unspecified atom stereocenters. The second-order valence-corrected chi connectivity index (χ2v) is 42.3. The molecule has 0 amide bonds. The number of nitrogens with zero attached hydrogens (tertiary/aromatic N) is 4. The maximum absolute atomic E-state index is 6.44. The van der Waals surface area contributed by atoms with Gasteiger partial charge in [-0.2, -0.15) is 0 Å². The van der Waals surface area contributed by atoms with E-state index >= 15 is 0 Å². The Morgan fingerprint density at radius 3 is 0.717 bits per heavy atom. The summed E-state index contributed by atoms with van der Waals surface area (Å²) < 4.78 is 34.2. The van der Waals surface area contributed by atoms with Crippen LogP contribution in [0.3, 0.4) is 0 Å². The molecule has 0 bridgehead atoms. The van der Waals surface area contributed by atoms with Gasteiger partial charge in [-0.25, -0.2) is 0 Å². The monoisotopic (exact) mass is 1900 g/mol. The van der Waals surface area contributed by atoms with Crippen molar-refractivity contribution in [1.82, 2.24) is 18.3 Å². The van der Waals surface area contributed by atoms with Crippen LogP contribution in [0.5, 0.6) is 0 Å². The maximum Gasteiger partial charge on any atom is 0.494 e. The quantitative estimate of drug-likeness (QED) is 0.128. The van der Waals surface area contributed by atoms with Gasteiger partial charge in [0.15, 0.2) is 0 Å². The lowest BCUT2D eigenvalue weighted by atomic mass is 9.78. The summed E-state index contributed by atoms with van der Waals surface area (Å²) in [5.74, 6) is 0. The molecule has 1 aliphatic rings. The highest BCUT2D eigenvalue weighted by Crippen LogP contribution is 2.50. The number of fused-ring (bicyclic) bond motifs is 24. The van der Waals surface area contributed by atoms with Gasteiger partial charge >= 0.3 is 7.12 Å². The molecule has 138 heavy (non-hydrogen) atoms. The van der Waals surface area contributed by atoms with Gasteiger partial charge in [-0.3, -0.25) is 0 Å². The Balaban J connectivity index is 0.000000112. The Bertz CT molecular complexity index is 9550. The fraction of sp³-hybridized carbons (Fsp3) is 0.0476. The lowest BCUT2D eigenvalue weighted by Crippen LogP contribution is -2.41. The van der Waals surface area contributed by atoms with Crippen LogP contribution in [0.4, 0.5) is 0 Å². The van der Waals surface area contributed by atoms with Gasteiger partial charge in [-0.1, -0.05) is 283 Å². The molecule has 1 aliphatic heterocycles. The molecule has 1 saturated heterocycles. The van der Waals surface area contributed by atoms with Gasteiger partial charge in [0.1, 0.15) is 0 Å². The third-order valence-electron chi connectivity index (χ3n) is 28.8. The molecule has 20 aromatic carbocycles. The van der Waals surface area contributed by atoms with Gasteiger partial charge in [0.05, 0.1) is 55.3 Å². The lowest BCUT2D eigenvalue weighted by molar-refractivity contribution is 0.00578. The van der Waals surface area contributed by atoms with Gasteiger partial charge < -0.3 is 27.6 Å². The number of hydrogen-bond acceptors (Lipinski definition) is 6. The lowest BCUT2D eigenvalue weighted by Gasteiger charge is -2.32. The predicted molar refractivity (Wildman–Crippen MR) is 599 cm³/mol. The number of halogens is 1. The van der Waals surface area contributed by atoms with Crippen molar-refractivity contribution < 1.29 is 9.31 Å². The van der Waals surface area contributed by atoms with Crippen LogP contribution in [0.1, 0.15) is 27.7 Å². The summed E-state index contributed by atoms with van der Waals surface area (Å²) in [6.07, 6.45) is 0. The second kappa shape index (κ2) is 32.6. The van der Waals surface area contributed by atoms with E-state index in [0.717, 1.165) is 27.0 Å². The third-order valence-corrected chi connectivity index (χ3v) is 34.2. The highest BCUT2D eigenvalue weighted by Gasteiger charge is 2.52. The first-order valence-electron chi connectivity index (χ1n) is 47.0. The van der Waals surface area contributed by atoms with Crippen molar-refractivity contribution in [2.45, 2.75) is 38.9 Å². The topological polar surface area (TPSA) is 38.2 Å². The van der Waals surface area contributed by atoms with Crippen LogP contribution in [-0.2, 0) is 9.31 Å². The van der Waals surface area contributed by atoms with Gasteiger partial charge in [0, 0.05) is 151 Å². The normalized spacial score (nSPS) is 13.3. The van der Waals surface area contributed by atoms with Gasteiger partial charge in [0.25, 0.3) is 0 Å². The van der Waals surface area contributed by atoms with Gasteiger partial charge in [-0.15, -0.1) is 45.3 Å². The maximum atomic E-state index is 6.44. The first-order chi connectivity index (χ1) is 67.8. The van der Waals surface area contributed by atoms with Crippen LogP contribution in [0.2, 0.25) is 0 Å². The molecule has 0 atom stereocenters. The first-order valence-corrected chi connectivity index (χ1v) is 51.1. The minimum Gasteiger partial charge on any atom is -0.399 e. The number of hydrogen-bond donors (Lipinski definition) is 0. The van der Waals surface area contributed by atoms with E-state index in [1.165, 1.54) is 229 Å². The predicted octanol–water partition coefficient (Wildman–Crippen LogP) is 36.3. The Labute approximate surface area is 820 Å². The van der Waals surface area contributed by atoms with E-state index in [4.69, 9.17) is 9.31 Å². The summed E-state index contributed by atoms with van der Waals surface area (Å²) >= 11 is 11.2. The molecular weight excluding hydrogens is 1820 g/mol. The molecule has 0 saturated carbocycles. The zero-order valence-corrected chi connectivity index (χ0v) is 80.6. The van der Waals surface area contributed by atoms with E-state index in [-0.39, 0.29) is 11.2 Å². The number of thiophene rings is 4. The van der Waals surface area contributed by atoms with Crippen molar-refractivity contribution in [3.8, 4) is 78.4 Å². The van der Waals surface area contributed by atoms with Crippen molar-refractivity contribution in [1.29, 1.82) is 0 Å². The molecule has 654 valence electrons. The summed E-state index contributed by atoms with van der Waals surface area (Å²) in [5, 5.41) is 20.5. The van der Waals surface area contributed by atoms with Crippen LogP contribution in [0, 0.1) is 0 Å². The summed E-state index contributed by atoms with van der Waals surface area (Å²) in [4.78, 5) is 0. The molecule has 6 nitrogen and oxygen atoms in total. The average molecular weight is 1910 g/mol. The smallest absolute Gasteiger partial charge is 0.399 e. The molecular formula is C126H84BBrN4O2S4. The largest absolute Gasteiger partial charge is 0.494 e. The highest BCUT2D eigenvalue weighted by atomic mass is 79.9. The van der Waals surface area contributed by atoms with E-state index < -0.39 is 7.12 Å². The molecule has 8 aromatic heterocycles. The fourth-order valence-electron chi connectivity index (χ4n) is 21.6. The van der Waals surface area contributed by atoms with E-state index in [1.54, 1.807) is 0 Å². The number of rotatable bonds is 10. The molecule has 29 rings (SSSR count). The van der Waals surface area contributed by atoms with Crippen molar-refractivity contribution in [2.24, 2.45) is 0 Å². The van der Waals surface area contributed by atoms with Crippen LogP contribution < -0.4 is 5.46 Å². The van der Waals surface area contributed by atoms with E-state index in [1.807, 2.05) is 45.3 Å². The summed E-state index contributed by atoms with van der Waals surface area (Å²) in [6.45, 7) is 8.42. The first kappa shape index (κ1) is 82.4. The van der Waals surface area contributed by atoms with E-state index in [9.17, 15) is 0 Å². The Kier molecular flexibility index (Phi) is 19.5. The average Bonchev–Trinajstić information content (AvgIpc) is 1.57.